The van der Waals surface area contributed by atoms with Crippen LogP contribution < -0.4 is 0 Å². The number of hydrogen-bond donors (Lipinski definition) is 0. The van der Waals surface area contributed by atoms with Gasteiger partial charge in [0.2, 0.25) is 5.89 Å². The highest BCUT2D eigenvalue weighted by atomic mass is 16.5. The molecule has 0 saturated heterocycles. The highest BCUT2D eigenvalue weighted by Gasteiger charge is 2.15. The fourth-order valence-electron chi connectivity index (χ4n) is 0.963. The molecule has 0 aliphatic rings. The lowest BCUT2D eigenvalue weighted by Gasteiger charge is -2.18. The first-order valence-electron chi connectivity index (χ1n) is 4.09. The Morgan fingerprint density at radius 2 is 2.38 bits per heavy atom. The van der Waals surface area contributed by atoms with Crippen LogP contribution in [0.2, 0.25) is 0 Å². The fraction of sp³-hybridized carbons (Fsp3) is 0.556. The predicted molar refractivity (Wildman–Crippen MR) is 48.9 cm³/mol. The zero-order chi connectivity index (χ0) is 9.84. The van der Waals surface area contributed by atoms with Crippen LogP contribution in [0.25, 0.3) is 0 Å². The Morgan fingerprint density at radius 1 is 1.69 bits per heavy atom. The van der Waals surface area contributed by atoms with Crippen molar-refractivity contribution in [1.29, 1.82) is 0 Å². The highest BCUT2D eigenvalue weighted by Crippen LogP contribution is 2.13. The summed E-state index contributed by atoms with van der Waals surface area (Å²) in [6.45, 7) is 4.33. The second-order valence-electron chi connectivity index (χ2n) is 2.97. The molecular formula is C9H13N3O. The molecule has 0 fully saturated rings. The van der Waals surface area contributed by atoms with Crippen LogP contribution in [0.5, 0.6) is 0 Å². The highest BCUT2D eigenvalue weighted by molar-refractivity contribution is 4.95. The minimum absolute atomic E-state index is 0.0912. The smallest absolute Gasteiger partial charge is 0.223 e. The first-order chi connectivity index (χ1) is 6.15. The fourth-order valence-corrected chi connectivity index (χ4v) is 0.963. The largest absolute Gasteiger partial charge is 0.340 e. The van der Waals surface area contributed by atoms with Gasteiger partial charge in [0.15, 0.2) is 5.82 Å². The third-order valence-corrected chi connectivity index (χ3v) is 1.92. The van der Waals surface area contributed by atoms with E-state index in [4.69, 9.17) is 10.9 Å². The van der Waals surface area contributed by atoms with Crippen LogP contribution in [0.15, 0.2) is 4.52 Å². The van der Waals surface area contributed by atoms with Gasteiger partial charge in [-0.2, -0.15) is 4.98 Å². The van der Waals surface area contributed by atoms with Crippen LogP contribution in [0.3, 0.4) is 0 Å². The lowest BCUT2D eigenvalue weighted by Crippen LogP contribution is -2.23. The molecule has 1 unspecified atom stereocenters. The van der Waals surface area contributed by atoms with E-state index in [-0.39, 0.29) is 6.04 Å². The normalized spacial score (nSPS) is 12.8. The van der Waals surface area contributed by atoms with E-state index in [9.17, 15) is 0 Å². The minimum Gasteiger partial charge on any atom is -0.340 e. The van der Waals surface area contributed by atoms with Gasteiger partial charge >= 0.3 is 0 Å². The number of nitrogens with zero attached hydrogens (tertiary/aromatic N) is 3. The maximum atomic E-state index is 5.19. The van der Waals surface area contributed by atoms with E-state index in [1.807, 2.05) is 18.9 Å². The van der Waals surface area contributed by atoms with Crippen molar-refractivity contribution in [3.63, 3.8) is 0 Å². The van der Waals surface area contributed by atoms with E-state index < -0.39 is 0 Å². The molecule has 1 atom stereocenters. The van der Waals surface area contributed by atoms with Crippen molar-refractivity contribution >= 4 is 0 Å². The average molecular weight is 179 g/mol. The Labute approximate surface area is 77.9 Å². The van der Waals surface area contributed by atoms with Crippen LogP contribution in [0.4, 0.5) is 0 Å². The second-order valence-corrected chi connectivity index (χ2v) is 2.97. The van der Waals surface area contributed by atoms with Gasteiger partial charge in [-0.1, -0.05) is 11.1 Å². The molecule has 0 spiro atoms. The van der Waals surface area contributed by atoms with Crippen LogP contribution >= 0.6 is 0 Å². The predicted octanol–water partition coefficient (Wildman–Crippen LogP) is 1.00. The van der Waals surface area contributed by atoms with E-state index in [1.165, 1.54) is 0 Å². The van der Waals surface area contributed by atoms with Crippen molar-refractivity contribution in [3.05, 3.63) is 11.7 Å². The standard InChI is InChI=1S/C9H13N3O/c1-5-6-12(4)7(2)9-10-8(3)13-11-9/h1,7H,6H2,2-4H3. The van der Waals surface area contributed by atoms with Gasteiger partial charge in [-0.05, 0) is 14.0 Å². The van der Waals surface area contributed by atoms with Crippen molar-refractivity contribution in [3.8, 4) is 12.3 Å². The molecule has 0 radical (unpaired) electrons. The molecule has 13 heavy (non-hydrogen) atoms. The molecule has 0 amide bonds. The average Bonchev–Trinajstić information content (AvgIpc) is 2.51. The first kappa shape index (κ1) is 9.75. The second kappa shape index (κ2) is 4.06. The van der Waals surface area contributed by atoms with Gasteiger partial charge in [-0.25, -0.2) is 0 Å². The first-order valence-corrected chi connectivity index (χ1v) is 4.09. The van der Waals surface area contributed by atoms with Gasteiger partial charge in [0.1, 0.15) is 0 Å². The number of aryl methyl sites for hydroxylation is 1. The molecule has 1 rings (SSSR count). The quantitative estimate of drug-likeness (QED) is 0.649. The van der Waals surface area contributed by atoms with Gasteiger partial charge in [-0.3, -0.25) is 4.90 Å². The van der Waals surface area contributed by atoms with E-state index in [2.05, 4.69) is 16.1 Å². The topological polar surface area (TPSA) is 42.2 Å². The third kappa shape index (κ3) is 2.30. The summed E-state index contributed by atoms with van der Waals surface area (Å²) in [5.41, 5.74) is 0. The summed E-state index contributed by atoms with van der Waals surface area (Å²) >= 11 is 0. The number of aromatic nitrogens is 2. The Balaban J connectivity index is 2.68. The zero-order valence-electron chi connectivity index (χ0n) is 8.11. The Morgan fingerprint density at radius 3 is 2.85 bits per heavy atom. The van der Waals surface area contributed by atoms with E-state index in [0.29, 0.717) is 18.3 Å². The Hall–Kier alpha value is -1.34. The van der Waals surface area contributed by atoms with Crippen molar-refractivity contribution in [2.75, 3.05) is 13.6 Å². The number of terminal acetylenes is 1. The number of hydrogen-bond acceptors (Lipinski definition) is 4. The lowest BCUT2D eigenvalue weighted by atomic mass is 10.3. The molecule has 0 saturated carbocycles. The molecular weight excluding hydrogens is 166 g/mol. The summed E-state index contributed by atoms with van der Waals surface area (Å²) in [5, 5.41) is 3.82. The summed E-state index contributed by atoms with van der Waals surface area (Å²) in [4.78, 5) is 6.10. The molecule has 0 aliphatic heterocycles. The van der Waals surface area contributed by atoms with Gasteiger partial charge in [0.25, 0.3) is 0 Å². The molecule has 70 valence electrons. The zero-order valence-corrected chi connectivity index (χ0v) is 8.11. The van der Waals surface area contributed by atoms with E-state index >= 15 is 0 Å². The lowest BCUT2D eigenvalue weighted by molar-refractivity contribution is 0.273. The summed E-state index contributed by atoms with van der Waals surface area (Å²) in [6.07, 6.45) is 5.19. The Bertz CT molecular complexity index is 313. The maximum Gasteiger partial charge on any atom is 0.223 e. The summed E-state index contributed by atoms with van der Waals surface area (Å²) < 4.78 is 4.87. The molecule has 0 bridgehead atoms. The van der Waals surface area contributed by atoms with Crippen molar-refractivity contribution in [1.82, 2.24) is 15.0 Å². The van der Waals surface area contributed by atoms with Gasteiger partial charge < -0.3 is 4.52 Å². The van der Waals surface area contributed by atoms with Gasteiger partial charge in [0.05, 0.1) is 12.6 Å². The summed E-state index contributed by atoms with van der Waals surface area (Å²) in [5.74, 6) is 3.82. The minimum atomic E-state index is 0.0912. The van der Waals surface area contributed by atoms with Crippen molar-refractivity contribution in [2.24, 2.45) is 0 Å². The maximum absolute atomic E-state index is 5.19. The van der Waals surface area contributed by atoms with E-state index in [0.717, 1.165) is 0 Å². The van der Waals surface area contributed by atoms with Crippen LogP contribution in [-0.4, -0.2) is 28.6 Å². The Kier molecular flexibility index (Phi) is 3.04. The summed E-state index contributed by atoms with van der Waals surface area (Å²) in [7, 11) is 1.93. The van der Waals surface area contributed by atoms with Crippen LogP contribution in [0, 0.1) is 19.3 Å². The van der Waals surface area contributed by atoms with Gasteiger partial charge in [0, 0.05) is 6.92 Å². The number of rotatable bonds is 3. The van der Waals surface area contributed by atoms with Crippen LogP contribution in [0.1, 0.15) is 24.7 Å². The molecule has 1 aromatic heterocycles. The molecule has 1 aromatic rings. The third-order valence-electron chi connectivity index (χ3n) is 1.92. The monoisotopic (exact) mass is 179 g/mol. The summed E-state index contributed by atoms with van der Waals surface area (Å²) in [6, 6.07) is 0.0912. The molecule has 1 heterocycles. The van der Waals surface area contributed by atoms with Gasteiger partial charge in [-0.15, -0.1) is 6.42 Å². The SMILES string of the molecule is C#CCN(C)C(C)c1noc(C)n1. The molecule has 0 N–H and O–H groups in total. The molecule has 0 aliphatic carbocycles. The van der Waals surface area contributed by atoms with Crippen molar-refractivity contribution < 1.29 is 4.52 Å². The van der Waals surface area contributed by atoms with E-state index in [1.54, 1.807) is 6.92 Å². The molecule has 0 aromatic carbocycles. The molecule has 4 nitrogen and oxygen atoms in total. The molecule has 4 heteroatoms. The van der Waals surface area contributed by atoms with Crippen molar-refractivity contribution in [2.45, 2.75) is 19.9 Å². The van der Waals surface area contributed by atoms with Crippen LogP contribution in [-0.2, 0) is 0 Å².